The molecule has 0 aromatic rings. The van der Waals surface area contributed by atoms with Crippen LogP contribution in [0.2, 0.25) is 0 Å². The molecule has 0 aliphatic rings. The molecule has 0 saturated carbocycles. The fraction of sp³-hybridized carbons (Fsp3) is 0.600. The predicted octanol–water partition coefficient (Wildman–Crippen LogP) is 1.77. The number of carboxylic acid groups (broad SMARTS) is 1. The van der Waals surface area contributed by atoms with Crippen LogP contribution in [0.1, 0.15) is 25.7 Å². The number of aliphatic carboxylic acids is 1. The zero-order chi connectivity index (χ0) is 10.8. The third-order valence-corrected chi connectivity index (χ3v) is 1.95. The second-order valence-corrected chi connectivity index (χ2v) is 3.00. The van der Waals surface area contributed by atoms with Crippen molar-refractivity contribution in [2.45, 2.75) is 25.7 Å². The van der Waals surface area contributed by atoms with Gasteiger partial charge in [-0.15, -0.1) is 6.58 Å². The van der Waals surface area contributed by atoms with Crippen LogP contribution in [-0.2, 0) is 9.59 Å². The van der Waals surface area contributed by atoms with Crippen molar-refractivity contribution in [2.75, 3.05) is 6.54 Å². The van der Waals surface area contributed by atoms with E-state index >= 15 is 0 Å². The Morgan fingerprint density at radius 2 is 2.21 bits per heavy atom. The lowest BCUT2D eigenvalue weighted by molar-refractivity contribution is -0.140. The molecule has 0 radical (unpaired) electrons. The van der Waals surface area contributed by atoms with E-state index in [0.717, 1.165) is 19.3 Å². The van der Waals surface area contributed by atoms with Crippen LogP contribution in [0.15, 0.2) is 17.6 Å². The number of isocyanates is 1. The van der Waals surface area contributed by atoms with Crippen molar-refractivity contribution in [3.05, 3.63) is 12.7 Å². The van der Waals surface area contributed by atoms with Gasteiger partial charge >= 0.3 is 5.97 Å². The summed E-state index contributed by atoms with van der Waals surface area (Å²) >= 11 is 0. The molecule has 0 aromatic heterocycles. The van der Waals surface area contributed by atoms with E-state index in [9.17, 15) is 9.59 Å². The van der Waals surface area contributed by atoms with Crippen LogP contribution in [0, 0.1) is 5.92 Å². The van der Waals surface area contributed by atoms with Gasteiger partial charge in [0.05, 0.1) is 12.5 Å². The Hall–Kier alpha value is -1.41. The molecule has 0 aromatic carbocycles. The summed E-state index contributed by atoms with van der Waals surface area (Å²) < 4.78 is 0. The maximum atomic E-state index is 10.6. The van der Waals surface area contributed by atoms with Gasteiger partial charge in [0.1, 0.15) is 0 Å². The van der Waals surface area contributed by atoms with E-state index < -0.39 is 11.9 Å². The van der Waals surface area contributed by atoms with Gasteiger partial charge in [0.2, 0.25) is 6.08 Å². The summed E-state index contributed by atoms with van der Waals surface area (Å²) in [5, 5.41) is 8.67. The number of unbranched alkanes of at least 4 members (excludes halogenated alkanes) is 2. The first kappa shape index (κ1) is 12.6. The molecule has 0 bridgehead atoms. The molecule has 0 saturated heterocycles. The summed E-state index contributed by atoms with van der Waals surface area (Å²) in [6.45, 7) is 3.94. The molecule has 0 fully saturated rings. The summed E-state index contributed by atoms with van der Waals surface area (Å²) in [6, 6.07) is 0. The molecule has 0 rings (SSSR count). The summed E-state index contributed by atoms with van der Waals surface area (Å²) in [5.74, 6) is -1.28. The quantitative estimate of drug-likeness (QED) is 0.279. The van der Waals surface area contributed by atoms with Gasteiger partial charge in [-0.3, -0.25) is 4.79 Å². The Morgan fingerprint density at radius 3 is 2.71 bits per heavy atom. The SMILES string of the molecule is C=CC(CCCCCN=C=O)C(=O)O. The Balaban J connectivity index is 3.47. The average molecular weight is 197 g/mol. The van der Waals surface area contributed by atoms with E-state index in [1.54, 1.807) is 0 Å². The number of rotatable bonds is 8. The molecule has 0 spiro atoms. The minimum absolute atomic E-state index is 0.454. The van der Waals surface area contributed by atoms with Gasteiger partial charge in [0, 0.05) is 0 Å². The van der Waals surface area contributed by atoms with Gasteiger partial charge in [0.25, 0.3) is 0 Å². The standard InChI is InChI=1S/C10H15NO3/c1-2-9(10(13)14)6-4-3-5-7-11-8-12/h2,9H,1,3-7H2,(H,13,14). The third-order valence-electron chi connectivity index (χ3n) is 1.95. The normalized spacial score (nSPS) is 11.4. The van der Waals surface area contributed by atoms with Crippen LogP contribution in [0.25, 0.3) is 0 Å². The van der Waals surface area contributed by atoms with Gasteiger partial charge in [-0.1, -0.05) is 18.9 Å². The van der Waals surface area contributed by atoms with Gasteiger partial charge in [0.15, 0.2) is 0 Å². The highest BCUT2D eigenvalue weighted by Crippen LogP contribution is 2.11. The minimum atomic E-state index is -0.828. The first-order valence-corrected chi connectivity index (χ1v) is 4.61. The third kappa shape index (κ3) is 6.14. The van der Waals surface area contributed by atoms with Crippen LogP contribution >= 0.6 is 0 Å². The van der Waals surface area contributed by atoms with Crippen molar-refractivity contribution >= 4 is 12.0 Å². The van der Waals surface area contributed by atoms with Crippen LogP contribution in [0.4, 0.5) is 0 Å². The molecule has 0 aliphatic heterocycles. The van der Waals surface area contributed by atoms with Crippen molar-refractivity contribution in [3.8, 4) is 0 Å². The highest BCUT2D eigenvalue weighted by Gasteiger charge is 2.11. The monoisotopic (exact) mass is 197 g/mol. The van der Waals surface area contributed by atoms with E-state index in [-0.39, 0.29) is 0 Å². The lowest BCUT2D eigenvalue weighted by atomic mass is 10.0. The zero-order valence-corrected chi connectivity index (χ0v) is 8.11. The van der Waals surface area contributed by atoms with Crippen molar-refractivity contribution in [1.29, 1.82) is 0 Å². The molecule has 1 unspecified atom stereocenters. The van der Waals surface area contributed by atoms with Crippen LogP contribution < -0.4 is 0 Å². The van der Waals surface area contributed by atoms with Gasteiger partial charge in [-0.2, -0.15) is 0 Å². The average Bonchev–Trinajstić information content (AvgIpc) is 2.16. The highest BCUT2D eigenvalue weighted by atomic mass is 16.4. The second-order valence-electron chi connectivity index (χ2n) is 3.00. The largest absolute Gasteiger partial charge is 0.481 e. The molecule has 0 aliphatic carbocycles. The second kappa shape index (κ2) is 8.20. The van der Waals surface area contributed by atoms with Gasteiger partial charge in [-0.05, 0) is 12.8 Å². The fourth-order valence-electron chi connectivity index (χ4n) is 1.12. The first-order valence-electron chi connectivity index (χ1n) is 4.61. The van der Waals surface area contributed by atoms with E-state index in [2.05, 4.69) is 11.6 Å². The van der Waals surface area contributed by atoms with Crippen LogP contribution in [0.3, 0.4) is 0 Å². The molecule has 14 heavy (non-hydrogen) atoms. The van der Waals surface area contributed by atoms with Crippen LogP contribution in [0.5, 0.6) is 0 Å². The number of carbonyl (C=O) groups is 1. The molecule has 78 valence electrons. The van der Waals surface area contributed by atoms with E-state index in [1.807, 2.05) is 0 Å². The Labute approximate surface area is 83.3 Å². The number of aliphatic imine (C=N–C) groups is 1. The molecule has 4 nitrogen and oxygen atoms in total. The van der Waals surface area contributed by atoms with Crippen molar-refractivity contribution in [3.63, 3.8) is 0 Å². The molecule has 1 N–H and O–H groups in total. The summed E-state index contributed by atoms with van der Waals surface area (Å²) in [5.41, 5.74) is 0. The molecular weight excluding hydrogens is 182 g/mol. The molecule has 0 heterocycles. The lowest BCUT2D eigenvalue weighted by Crippen LogP contribution is -2.10. The zero-order valence-electron chi connectivity index (χ0n) is 8.11. The lowest BCUT2D eigenvalue weighted by Gasteiger charge is -2.05. The topological polar surface area (TPSA) is 66.7 Å². The van der Waals surface area contributed by atoms with Gasteiger partial charge in [-0.25, -0.2) is 9.79 Å². The highest BCUT2D eigenvalue weighted by molar-refractivity contribution is 5.71. The Bertz CT molecular complexity index is 232. The van der Waals surface area contributed by atoms with E-state index in [0.29, 0.717) is 13.0 Å². The van der Waals surface area contributed by atoms with Crippen molar-refractivity contribution < 1.29 is 14.7 Å². The minimum Gasteiger partial charge on any atom is -0.481 e. The van der Waals surface area contributed by atoms with E-state index in [4.69, 9.17) is 5.11 Å². The molecule has 0 amide bonds. The maximum Gasteiger partial charge on any atom is 0.310 e. The Kier molecular flexibility index (Phi) is 7.37. The number of hydrogen-bond acceptors (Lipinski definition) is 3. The number of hydrogen-bond donors (Lipinski definition) is 1. The molecule has 1 atom stereocenters. The molecular formula is C10H15NO3. The Morgan fingerprint density at radius 1 is 1.50 bits per heavy atom. The van der Waals surface area contributed by atoms with E-state index in [1.165, 1.54) is 12.2 Å². The summed E-state index contributed by atoms with van der Waals surface area (Å²) in [4.78, 5) is 23.7. The maximum absolute atomic E-state index is 10.6. The number of carboxylic acids is 1. The first-order chi connectivity index (χ1) is 6.72. The van der Waals surface area contributed by atoms with Crippen LogP contribution in [-0.4, -0.2) is 23.7 Å². The fourth-order valence-corrected chi connectivity index (χ4v) is 1.12. The summed E-state index contributed by atoms with van der Waals surface area (Å²) in [6.07, 6.45) is 6.01. The summed E-state index contributed by atoms with van der Waals surface area (Å²) in [7, 11) is 0. The van der Waals surface area contributed by atoms with Gasteiger partial charge < -0.3 is 5.11 Å². The van der Waals surface area contributed by atoms with Crippen molar-refractivity contribution in [2.24, 2.45) is 10.9 Å². The molecule has 4 heteroatoms. The van der Waals surface area contributed by atoms with Crippen molar-refractivity contribution in [1.82, 2.24) is 0 Å². The predicted molar refractivity (Wildman–Crippen MR) is 52.8 cm³/mol. The smallest absolute Gasteiger partial charge is 0.310 e. The number of carbonyl (C=O) groups excluding carboxylic acids is 1. The number of nitrogens with zero attached hydrogens (tertiary/aromatic N) is 1.